The molecule has 0 aliphatic rings. The molecule has 0 fully saturated rings. The number of ether oxygens (including phenoxy) is 2. The minimum absolute atomic E-state index is 0.658. The van der Waals surface area contributed by atoms with Gasteiger partial charge in [0, 0.05) is 38.4 Å². The second-order valence-electron chi connectivity index (χ2n) is 4.74. The molecule has 0 saturated heterocycles. The Morgan fingerprint density at radius 2 is 2.14 bits per heavy atom. The molecule has 126 valence electrons. The highest BCUT2D eigenvalue weighted by molar-refractivity contribution is 7.11. The van der Waals surface area contributed by atoms with E-state index in [0.717, 1.165) is 43.4 Å². The number of aromatic nitrogens is 1. The fourth-order valence-corrected chi connectivity index (χ4v) is 2.56. The summed E-state index contributed by atoms with van der Waals surface area (Å²) < 4.78 is 10.3. The van der Waals surface area contributed by atoms with Gasteiger partial charge in [-0.2, -0.15) is 0 Å². The number of hydrogen-bond acceptors (Lipinski definition) is 5. The molecule has 0 amide bonds. The molecule has 0 unspecified atom stereocenters. The number of methoxy groups -OCH3 is 1. The van der Waals surface area contributed by atoms with Gasteiger partial charge >= 0.3 is 0 Å². The van der Waals surface area contributed by atoms with Gasteiger partial charge in [0.1, 0.15) is 5.01 Å². The van der Waals surface area contributed by atoms with E-state index in [4.69, 9.17) is 9.47 Å². The number of aryl methyl sites for hydroxylation is 1. The Morgan fingerprint density at radius 1 is 1.27 bits per heavy atom. The van der Waals surface area contributed by atoms with Crippen LogP contribution in [-0.4, -0.2) is 51.5 Å². The molecule has 1 heterocycles. The van der Waals surface area contributed by atoms with Crippen LogP contribution in [0.25, 0.3) is 0 Å². The molecule has 0 saturated carbocycles. The highest BCUT2D eigenvalue weighted by Gasteiger charge is 2.02. The smallest absolute Gasteiger partial charge is 0.191 e. The third kappa shape index (κ3) is 8.31. The zero-order chi connectivity index (χ0) is 16.0. The fourth-order valence-electron chi connectivity index (χ4n) is 1.75. The fraction of sp³-hybridized carbons (Fsp3) is 0.733. The van der Waals surface area contributed by atoms with Crippen LogP contribution in [0.1, 0.15) is 29.7 Å². The summed E-state index contributed by atoms with van der Waals surface area (Å²) in [5.41, 5.74) is 0. The molecular weight excluding hydrogens is 300 g/mol. The highest BCUT2D eigenvalue weighted by Crippen LogP contribution is 2.12. The highest BCUT2D eigenvalue weighted by atomic mass is 32.1. The van der Waals surface area contributed by atoms with Crippen LogP contribution in [0.3, 0.4) is 0 Å². The van der Waals surface area contributed by atoms with Crippen LogP contribution in [0.5, 0.6) is 0 Å². The summed E-state index contributed by atoms with van der Waals surface area (Å²) in [4.78, 5) is 9.91. The van der Waals surface area contributed by atoms with Gasteiger partial charge in [-0.3, -0.25) is 4.99 Å². The Kier molecular flexibility index (Phi) is 10.6. The molecule has 0 bridgehead atoms. The molecule has 1 aromatic heterocycles. The Morgan fingerprint density at radius 3 is 2.82 bits per heavy atom. The Bertz CT molecular complexity index is 423. The van der Waals surface area contributed by atoms with Crippen LogP contribution >= 0.6 is 11.3 Å². The van der Waals surface area contributed by atoms with Crippen LogP contribution in [0.4, 0.5) is 0 Å². The van der Waals surface area contributed by atoms with Crippen LogP contribution in [0.15, 0.2) is 11.2 Å². The monoisotopic (exact) mass is 328 g/mol. The van der Waals surface area contributed by atoms with E-state index in [2.05, 4.69) is 27.5 Å². The van der Waals surface area contributed by atoms with Gasteiger partial charge in [0.15, 0.2) is 5.96 Å². The SMILES string of the molecule is CCc1cnc(CNC(=NC)NCCCCOCCOC)s1. The standard InChI is InChI=1S/C15H28N4O2S/c1-4-13-11-18-14(22-13)12-19-15(16-2)17-7-5-6-8-21-10-9-20-3/h11H,4-10,12H2,1-3H3,(H2,16,17,19). The number of thiazole rings is 1. The first-order valence-corrected chi connectivity index (χ1v) is 8.56. The van der Waals surface area contributed by atoms with Crippen molar-refractivity contribution in [1.29, 1.82) is 0 Å². The lowest BCUT2D eigenvalue weighted by Crippen LogP contribution is -2.37. The van der Waals surface area contributed by atoms with Crippen LogP contribution < -0.4 is 10.6 Å². The van der Waals surface area contributed by atoms with Crippen LogP contribution in [0, 0.1) is 0 Å². The van der Waals surface area contributed by atoms with Crippen molar-refractivity contribution in [3.63, 3.8) is 0 Å². The Balaban J connectivity index is 2.07. The van der Waals surface area contributed by atoms with Gasteiger partial charge in [0.2, 0.25) is 0 Å². The third-order valence-corrected chi connectivity index (χ3v) is 4.16. The van der Waals surface area contributed by atoms with Gasteiger partial charge in [-0.25, -0.2) is 4.98 Å². The van der Waals surface area contributed by atoms with E-state index < -0.39 is 0 Å². The van der Waals surface area contributed by atoms with E-state index in [1.54, 1.807) is 25.5 Å². The Labute approximate surface area is 137 Å². The number of nitrogens with zero attached hydrogens (tertiary/aromatic N) is 2. The van der Waals surface area contributed by atoms with E-state index in [0.29, 0.717) is 19.8 Å². The second-order valence-corrected chi connectivity index (χ2v) is 5.94. The van der Waals surface area contributed by atoms with Crippen molar-refractivity contribution in [2.24, 2.45) is 4.99 Å². The first-order valence-electron chi connectivity index (χ1n) is 7.75. The lowest BCUT2D eigenvalue weighted by molar-refractivity contribution is 0.0689. The Hall–Kier alpha value is -1.18. The molecule has 2 N–H and O–H groups in total. The number of hydrogen-bond donors (Lipinski definition) is 2. The van der Waals surface area contributed by atoms with Gasteiger partial charge in [-0.05, 0) is 19.3 Å². The third-order valence-electron chi connectivity index (χ3n) is 3.02. The minimum atomic E-state index is 0.658. The van der Waals surface area contributed by atoms with Crippen molar-refractivity contribution in [3.05, 3.63) is 16.1 Å². The number of guanidine groups is 1. The molecule has 1 rings (SSSR count). The maximum atomic E-state index is 5.42. The van der Waals surface area contributed by atoms with Gasteiger partial charge in [0.05, 0.1) is 19.8 Å². The molecule has 1 aromatic rings. The first kappa shape index (κ1) is 18.9. The van der Waals surface area contributed by atoms with Gasteiger partial charge < -0.3 is 20.1 Å². The van der Waals surface area contributed by atoms with Crippen molar-refractivity contribution in [2.45, 2.75) is 32.7 Å². The largest absolute Gasteiger partial charge is 0.382 e. The molecule has 0 aromatic carbocycles. The van der Waals surface area contributed by atoms with Gasteiger partial charge in [-0.1, -0.05) is 6.92 Å². The predicted molar refractivity (Wildman–Crippen MR) is 91.6 cm³/mol. The van der Waals surface area contributed by atoms with E-state index in [9.17, 15) is 0 Å². The number of nitrogens with one attached hydrogen (secondary N) is 2. The summed E-state index contributed by atoms with van der Waals surface area (Å²) >= 11 is 1.74. The average molecular weight is 328 g/mol. The lowest BCUT2D eigenvalue weighted by atomic mass is 10.3. The molecule has 0 atom stereocenters. The van der Waals surface area contributed by atoms with Crippen molar-refractivity contribution in [1.82, 2.24) is 15.6 Å². The van der Waals surface area contributed by atoms with Gasteiger partial charge in [-0.15, -0.1) is 11.3 Å². The maximum absolute atomic E-state index is 5.42. The summed E-state index contributed by atoms with van der Waals surface area (Å²) in [5, 5.41) is 7.67. The van der Waals surface area contributed by atoms with Crippen molar-refractivity contribution in [2.75, 3.05) is 40.5 Å². The van der Waals surface area contributed by atoms with Crippen LogP contribution in [-0.2, 0) is 22.4 Å². The summed E-state index contributed by atoms with van der Waals surface area (Å²) in [6, 6.07) is 0. The topological polar surface area (TPSA) is 67.8 Å². The summed E-state index contributed by atoms with van der Waals surface area (Å²) in [7, 11) is 3.46. The molecule has 0 radical (unpaired) electrons. The number of unbranched alkanes of at least 4 members (excludes halogenated alkanes) is 1. The lowest BCUT2D eigenvalue weighted by Gasteiger charge is -2.10. The van der Waals surface area contributed by atoms with Crippen molar-refractivity contribution >= 4 is 17.3 Å². The zero-order valence-corrected chi connectivity index (χ0v) is 14.7. The van der Waals surface area contributed by atoms with Crippen LogP contribution in [0.2, 0.25) is 0 Å². The predicted octanol–water partition coefficient (Wildman–Crippen LogP) is 1.81. The first-order chi connectivity index (χ1) is 10.8. The van der Waals surface area contributed by atoms with E-state index >= 15 is 0 Å². The van der Waals surface area contributed by atoms with E-state index in [-0.39, 0.29) is 0 Å². The number of aliphatic imine (C=N–C) groups is 1. The van der Waals surface area contributed by atoms with Crippen molar-refractivity contribution in [3.8, 4) is 0 Å². The van der Waals surface area contributed by atoms with E-state index in [1.165, 1.54) is 4.88 Å². The molecule has 0 spiro atoms. The molecule has 0 aliphatic carbocycles. The van der Waals surface area contributed by atoms with E-state index in [1.807, 2.05) is 6.20 Å². The van der Waals surface area contributed by atoms with Gasteiger partial charge in [0.25, 0.3) is 0 Å². The molecule has 22 heavy (non-hydrogen) atoms. The normalized spacial score (nSPS) is 11.7. The maximum Gasteiger partial charge on any atom is 0.191 e. The summed E-state index contributed by atoms with van der Waals surface area (Å²) in [6.07, 6.45) is 5.06. The molecule has 0 aliphatic heterocycles. The van der Waals surface area contributed by atoms with Crippen molar-refractivity contribution < 1.29 is 9.47 Å². The average Bonchev–Trinajstić information content (AvgIpc) is 3.01. The number of rotatable bonds is 11. The summed E-state index contributed by atoms with van der Waals surface area (Å²) in [5.74, 6) is 0.813. The molecule has 7 heteroatoms. The quantitative estimate of drug-likeness (QED) is 0.368. The second kappa shape index (κ2) is 12.4. The molecule has 6 nitrogen and oxygen atoms in total. The molecular formula is C15H28N4O2S. The minimum Gasteiger partial charge on any atom is -0.382 e. The summed E-state index contributed by atoms with van der Waals surface area (Å²) in [6.45, 7) is 5.84. The zero-order valence-electron chi connectivity index (χ0n) is 13.9.